The molecule has 0 spiro atoms. The highest BCUT2D eigenvalue weighted by Crippen LogP contribution is 2.13. The lowest BCUT2D eigenvalue weighted by Crippen LogP contribution is -2.07. The number of ketones is 1. The maximum Gasteiger partial charge on any atom is 0.193 e. The number of nitrogens with zero attached hydrogens (tertiary/aromatic N) is 2. The van der Waals surface area contributed by atoms with Crippen molar-refractivity contribution >= 4 is 22.1 Å². The average molecular weight is 292 g/mol. The van der Waals surface area contributed by atoms with Crippen molar-refractivity contribution in [3.8, 4) is 0 Å². The van der Waals surface area contributed by atoms with Crippen molar-refractivity contribution in [3.63, 3.8) is 0 Å². The SMILES string of the molecule is O=C(Cc1cc(F)cc(F)c1)Cc1cn2ccsc2n1. The van der Waals surface area contributed by atoms with Gasteiger partial charge in [0.25, 0.3) is 0 Å². The molecule has 0 aliphatic rings. The van der Waals surface area contributed by atoms with Crippen LogP contribution in [0.1, 0.15) is 11.3 Å². The number of imidazole rings is 1. The Balaban J connectivity index is 1.71. The van der Waals surface area contributed by atoms with E-state index in [0.717, 1.165) is 11.0 Å². The van der Waals surface area contributed by atoms with E-state index in [1.165, 1.54) is 23.5 Å². The van der Waals surface area contributed by atoms with Gasteiger partial charge in [0, 0.05) is 30.3 Å². The zero-order valence-electron chi connectivity index (χ0n) is 10.3. The summed E-state index contributed by atoms with van der Waals surface area (Å²) in [6.07, 6.45) is 3.81. The first-order chi connectivity index (χ1) is 9.60. The maximum absolute atomic E-state index is 13.0. The molecule has 2 aromatic heterocycles. The number of aromatic nitrogens is 2. The van der Waals surface area contributed by atoms with Crippen molar-refractivity contribution in [2.45, 2.75) is 12.8 Å². The summed E-state index contributed by atoms with van der Waals surface area (Å²) in [6, 6.07) is 3.14. The summed E-state index contributed by atoms with van der Waals surface area (Å²) in [7, 11) is 0. The van der Waals surface area contributed by atoms with Crippen molar-refractivity contribution < 1.29 is 13.6 Å². The Morgan fingerprint density at radius 1 is 1.20 bits per heavy atom. The molecule has 0 N–H and O–H groups in total. The molecule has 0 fully saturated rings. The summed E-state index contributed by atoms with van der Waals surface area (Å²) in [6.45, 7) is 0. The molecule has 0 radical (unpaired) electrons. The minimum atomic E-state index is -0.671. The van der Waals surface area contributed by atoms with Crippen LogP contribution in [-0.4, -0.2) is 15.2 Å². The van der Waals surface area contributed by atoms with Gasteiger partial charge in [-0.15, -0.1) is 11.3 Å². The van der Waals surface area contributed by atoms with Gasteiger partial charge in [-0.2, -0.15) is 0 Å². The maximum atomic E-state index is 13.0. The summed E-state index contributed by atoms with van der Waals surface area (Å²) < 4.78 is 27.9. The van der Waals surface area contributed by atoms with E-state index in [1.807, 2.05) is 16.0 Å². The van der Waals surface area contributed by atoms with Gasteiger partial charge in [0.2, 0.25) is 0 Å². The summed E-state index contributed by atoms with van der Waals surface area (Å²) in [5, 5.41) is 1.91. The summed E-state index contributed by atoms with van der Waals surface area (Å²) >= 11 is 1.48. The van der Waals surface area contributed by atoms with Gasteiger partial charge in [0.15, 0.2) is 4.96 Å². The molecule has 0 aliphatic carbocycles. The van der Waals surface area contributed by atoms with Crippen molar-refractivity contribution in [3.05, 3.63) is 58.9 Å². The van der Waals surface area contributed by atoms with E-state index in [4.69, 9.17) is 0 Å². The number of rotatable bonds is 4. The van der Waals surface area contributed by atoms with Crippen LogP contribution < -0.4 is 0 Å². The summed E-state index contributed by atoms with van der Waals surface area (Å²) in [5.41, 5.74) is 1.01. The van der Waals surface area contributed by atoms with Crippen LogP contribution in [0.4, 0.5) is 8.78 Å². The first-order valence-electron chi connectivity index (χ1n) is 5.98. The number of benzene rings is 1. The molecule has 6 heteroatoms. The van der Waals surface area contributed by atoms with Crippen molar-refractivity contribution in [2.24, 2.45) is 0 Å². The van der Waals surface area contributed by atoms with E-state index < -0.39 is 11.6 Å². The standard InChI is InChI=1S/C14H10F2N2OS/c15-10-3-9(4-11(16)6-10)5-13(19)7-12-8-18-1-2-20-14(18)17-12/h1-4,6,8H,5,7H2. The molecular formula is C14H10F2N2OS. The smallest absolute Gasteiger partial charge is 0.193 e. The molecule has 0 amide bonds. The fourth-order valence-electron chi connectivity index (χ4n) is 2.07. The van der Waals surface area contributed by atoms with Gasteiger partial charge in [-0.05, 0) is 17.7 Å². The Hall–Kier alpha value is -2.08. The lowest BCUT2D eigenvalue weighted by atomic mass is 10.1. The molecule has 20 heavy (non-hydrogen) atoms. The van der Waals surface area contributed by atoms with Gasteiger partial charge < -0.3 is 0 Å². The minimum absolute atomic E-state index is 0.000143. The zero-order valence-corrected chi connectivity index (χ0v) is 11.2. The molecule has 0 saturated heterocycles. The van der Waals surface area contributed by atoms with Crippen LogP contribution in [0.15, 0.2) is 36.0 Å². The van der Waals surface area contributed by atoms with Crippen LogP contribution in [0.5, 0.6) is 0 Å². The van der Waals surface area contributed by atoms with Gasteiger partial charge in [-0.1, -0.05) is 0 Å². The third-order valence-electron chi connectivity index (χ3n) is 2.85. The van der Waals surface area contributed by atoms with Crippen molar-refractivity contribution in [1.29, 1.82) is 0 Å². The van der Waals surface area contributed by atoms with Crippen LogP contribution in [0, 0.1) is 11.6 Å². The second-order valence-electron chi connectivity index (χ2n) is 4.50. The Kier molecular flexibility index (Phi) is 3.31. The molecular weight excluding hydrogens is 282 g/mol. The second kappa shape index (κ2) is 5.13. The van der Waals surface area contributed by atoms with E-state index in [-0.39, 0.29) is 18.6 Å². The first kappa shape index (κ1) is 12.9. The normalized spacial score (nSPS) is 11.1. The highest BCUT2D eigenvalue weighted by atomic mass is 32.1. The van der Waals surface area contributed by atoms with Crippen LogP contribution >= 0.6 is 11.3 Å². The fraction of sp³-hybridized carbons (Fsp3) is 0.143. The highest BCUT2D eigenvalue weighted by Gasteiger charge is 2.10. The summed E-state index contributed by atoms with van der Waals surface area (Å²) in [4.78, 5) is 17.0. The zero-order chi connectivity index (χ0) is 14.1. The van der Waals surface area contributed by atoms with E-state index in [1.54, 1.807) is 6.20 Å². The van der Waals surface area contributed by atoms with Crippen LogP contribution in [0.3, 0.4) is 0 Å². The molecule has 1 aromatic carbocycles. The summed E-state index contributed by atoms with van der Waals surface area (Å²) in [5.74, 6) is -1.47. The van der Waals surface area contributed by atoms with E-state index >= 15 is 0 Å². The topological polar surface area (TPSA) is 34.4 Å². The monoisotopic (exact) mass is 292 g/mol. The Morgan fingerprint density at radius 2 is 1.95 bits per heavy atom. The molecule has 0 unspecified atom stereocenters. The number of fused-ring (bicyclic) bond motifs is 1. The van der Waals surface area contributed by atoms with Crippen molar-refractivity contribution in [2.75, 3.05) is 0 Å². The third kappa shape index (κ3) is 2.75. The molecule has 0 aliphatic heterocycles. The van der Waals surface area contributed by atoms with Crippen LogP contribution in [0.2, 0.25) is 0 Å². The van der Waals surface area contributed by atoms with Gasteiger partial charge in [0.1, 0.15) is 17.4 Å². The Morgan fingerprint density at radius 3 is 2.65 bits per heavy atom. The lowest BCUT2D eigenvalue weighted by Gasteiger charge is -2.01. The van der Waals surface area contributed by atoms with Gasteiger partial charge >= 0.3 is 0 Å². The van der Waals surface area contributed by atoms with Crippen LogP contribution in [-0.2, 0) is 17.6 Å². The van der Waals surface area contributed by atoms with E-state index in [9.17, 15) is 13.6 Å². The van der Waals surface area contributed by atoms with Gasteiger partial charge in [-0.25, -0.2) is 13.8 Å². The Bertz CT molecular complexity index is 730. The van der Waals surface area contributed by atoms with Crippen molar-refractivity contribution in [1.82, 2.24) is 9.38 Å². The van der Waals surface area contributed by atoms with Gasteiger partial charge in [0.05, 0.1) is 12.1 Å². The lowest BCUT2D eigenvalue weighted by molar-refractivity contribution is -0.117. The predicted molar refractivity (Wildman–Crippen MR) is 71.8 cm³/mol. The fourth-order valence-corrected chi connectivity index (χ4v) is 2.79. The predicted octanol–water partition coefficient (Wildman–Crippen LogP) is 3.03. The highest BCUT2D eigenvalue weighted by molar-refractivity contribution is 7.15. The molecule has 0 atom stereocenters. The second-order valence-corrected chi connectivity index (χ2v) is 5.37. The number of carbonyl (C=O) groups excluding carboxylic acids is 1. The minimum Gasteiger partial charge on any atom is -0.299 e. The van der Waals surface area contributed by atoms with E-state index in [0.29, 0.717) is 11.3 Å². The molecule has 0 bridgehead atoms. The quantitative estimate of drug-likeness (QED) is 0.741. The molecule has 2 heterocycles. The van der Waals surface area contributed by atoms with E-state index in [2.05, 4.69) is 4.98 Å². The largest absolute Gasteiger partial charge is 0.299 e. The number of hydrogen-bond acceptors (Lipinski definition) is 3. The first-order valence-corrected chi connectivity index (χ1v) is 6.86. The van der Waals surface area contributed by atoms with Crippen LogP contribution in [0.25, 0.3) is 4.96 Å². The number of carbonyl (C=O) groups is 1. The molecule has 3 rings (SSSR count). The molecule has 3 nitrogen and oxygen atoms in total. The molecule has 0 saturated carbocycles. The molecule has 102 valence electrons. The number of Topliss-reactive ketones (excluding diaryl/α,β-unsaturated/α-hetero) is 1. The molecule has 3 aromatic rings. The number of halogens is 2. The Labute approximate surface area is 117 Å². The number of hydrogen-bond donors (Lipinski definition) is 0. The number of thiazole rings is 1. The average Bonchev–Trinajstić information content (AvgIpc) is 2.87. The third-order valence-corrected chi connectivity index (χ3v) is 3.62. The van der Waals surface area contributed by atoms with Gasteiger partial charge in [-0.3, -0.25) is 9.20 Å².